The highest BCUT2D eigenvalue weighted by molar-refractivity contribution is 5.94. The molecular formula is C15H19F3N2O2. The highest BCUT2D eigenvalue weighted by Gasteiger charge is 2.22. The zero-order chi connectivity index (χ0) is 16.1. The lowest BCUT2D eigenvalue weighted by atomic mass is 10.1. The third kappa shape index (κ3) is 4.20. The largest absolute Gasteiger partial charge is 0.390 e. The van der Waals surface area contributed by atoms with Crippen molar-refractivity contribution in [2.24, 2.45) is 0 Å². The van der Waals surface area contributed by atoms with Gasteiger partial charge in [0.25, 0.3) is 5.91 Å². The molecular weight excluding hydrogens is 297 g/mol. The second kappa shape index (κ2) is 7.60. The van der Waals surface area contributed by atoms with E-state index >= 15 is 0 Å². The van der Waals surface area contributed by atoms with Crippen molar-refractivity contribution in [3.8, 4) is 0 Å². The zero-order valence-corrected chi connectivity index (χ0v) is 12.1. The van der Waals surface area contributed by atoms with Gasteiger partial charge in [-0.15, -0.1) is 0 Å². The number of hydrogen-bond acceptors (Lipinski definition) is 3. The van der Waals surface area contributed by atoms with Crippen LogP contribution in [0.2, 0.25) is 0 Å². The van der Waals surface area contributed by atoms with E-state index in [4.69, 9.17) is 0 Å². The lowest BCUT2D eigenvalue weighted by molar-refractivity contribution is 0.0824. The SMILES string of the molecule is O=C(NCC(O)CN1CCCCC1)c1c(F)ccc(F)c1F. The van der Waals surface area contributed by atoms with Gasteiger partial charge in [0.05, 0.1) is 6.10 Å². The van der Waals surface area contributed by atoms with Crippen LogP contribution in [0.4, 0.5) is 13.2 Å². The van der Waals surface area contributed by atoms with Crippen molar-refractivity contribution < 1.29 is 23.1 Å². The molecule has 22 heavy (non-hydrogen) atoms. The molecule has 1 heterocycles. The number of aliphatic hydroxyl groups is 1. The van der Waals surface area contributed by atoms with Gasteiger partial charge >= 0.3 is 0 Å². The van der Waals surface area contributed by atoms with Crippen LogP contribution in [0, 0.1) is 17.5 Å². The molecule has 1 saturated heterocycles. The van der Waals surface area contributed by atoms with E-state index in [-0.39, 0.29) is 6.54 Å². The number of carbonyl (C=O) groups is 1. The number of hydrogen-bond donors (Lipinski definition) is 2. The van der Waals surface area contributed by atoms with Crippen molar-refractivity contribution in [3.63, 3.8) is 0 Å². The molecule has 1 aliphatic heterocycles. The van der Waals surface area contributed by atoms with Gasteiger partial charge in [0.1, 0.15) is 11.4 Å². The normalized spacial score (nSPS) is 17.3. The molecule has 0 aromatic heterocycles. The van der Waals surface area contributed by atoms with Crippen LogP contribution >= 0.6 is 0 Å². The highest BCUT2D eigenvalue weighted by atomic mass is 19.2. The number of aliphatic hydroxyl groups excluding tert-OH is 1. The fourth-order valence-electron chi connectivity index (χ4n) is 2.54. The molecule has 1 amide bonds. The van der Waals surface area contributed by atoms with E-state index in [1.165, 1.54) is 6.42 Å². The lowest BCUT2D eigenvalue weighted by Crippen LogP contribution is -2.42. The number of piperidine rings is 1. The van der Waals surface area contributed by atoms with Gasteiger partial charge in [0, 0.05) is 13.1 Å². The molecule has 0 aliphatic carbocycles. The third-order valence-corrected chi connectivity index (χ3v) is 3.69. The zero-order valence-electron chi connectivity index (χ0n) is 12.1. The molecule has 0 saturated carbocycles. The maximum atomic E-state index is 13.5. The number of likely N-dealkylation sites (tertiary alicyclic amines) is 1. The van der Waals surface area contributed by atoms with Crippen molar-refractivity contribution >= 4 is 5.91 Å². The quantitative estimate of drug-likeness (QED) is 0.813. The van der Waals surface area contributed by atoms with E-state index in [2.05, 4.69) is 10.2 Å². The fourth-order valence-corrected chi connectivity index (χ4v) is 2.54. The summed E-state index contributed by atoms with van der Waals surface area (Å²) < 4.78 is 40.0. The van der Waals surface area contributed by atoms with Crippen molar-refractivity contribution in [3.05, 3.63) is 35.1 Å². The Morgan fingerprint density at radius 2 is 1.82 bits per heavy atom. The second-order valence-corrected chi connectivity index (χ2v) is 5.44. The van der Waals surface area contributed by atoms with Gasteiger partial charge in [-0.1, -0.05) is 6.42 Å². The first kappa shape index (κ1) is 16.8. The number of carbonyl (C=O) groups excluding carboxylic acids is 1. The summed E-state index contributed by atoms with van der Waals surface area (Å²) in [4.78, 5) is 13.8. The molecule has 1 unspecified atom stereocenters. The standard InChI is InChI=1S/C15H19F3N2O2/c16-11-4-5-12(17)14(18)13(11)15(22)19-8-10(21)9-20-6-2-1-3-7-20/h4-5,10,21H,1-3,6-9H2,(H,19,22). The lowest BCUT2D eigenvalue weighted by Gasteiger charge is -2.28. The molecule has 0 spiro atoms. The Hall–Kier alpha value is -1.60. The Balaban J connectivity index is 1.88. The fraction of sp³-hybridized carbons (Fsp3) is 0.533. The molecule has 4 nitrogen and oxygen atoms in total. The monoisotopic (exact) mass is 316 g/mol. The van der Waals surface area contributed by atoms with Crippen LogP contribution in [0.3, 0.4) is 0 Å². The van der Waals surface area contributed by atoms with Gasteiger partial charge < -0.3 is 15.3 Å². The van der Waals surface area contributed by atoms with Gasteiger partial charge in [-0.25, -0.2) is 13.2 Å². The van der Waals surface area contributed by atoms with E-state index in [0.717, 1.165) is 25.9 Å². The molecule has 2 N–H and O–H groups in total. The smallest absolute Gasteiger partial charge is 0.257 e. The van der Waals surface area contributed by atoms with Crippen LogP contribution in [-0.4, -0.2) is 48.2 Å². The molecule has 0 bridgehead atoms. The van der Waals surface area contributed by atoms with Crippen molar-refractivity contribution in [2.75, 3.05) is 26.2 Å². The van der Waals surface area contributed by atoms with E-state index in [0.29, 0.717) is 18.7 Å². The van der Waals surface area contributed by atoms with Crippen LogP contribution < -0.4 is 5.32 Å². The number of benzene rings is 1. The number of rotatable bonds is 5. The van der Waals surface area contributed by atoms with Crippen LogP contribution in [0.5, 0.6) is 0 Å². The minimum atomic E-state index is -1.52. The van der Waals surface area contributed by atoms with E-state index in [1.807, 2.05) is 0 Å². The maximum Gasteiger partial charge on any atom is 0.257 e. The first-order chi connectivity index (χ1) is 10.5. The molecule has 1 aliphatic rings. The Labute approximate surface area is 126 Å². The average Bonchev–Trinajstić information content (AvgIpc) is 2.50. The predicted molar refractivity (Wildman–Crippen MR) is 74.9 cm³/mol. The number of halogens is 3. The predicted octanol–water partition coefficient (Wildman–Crippen LogP) is 1.68. The van der Waals surface area contributed by atoms with Gasteiger partial charge in [-0.05, 0) is 38.1 Å². The van der Waals surface area contributed by atoms with Gasteiger partial charge in [0.15, 0.2) is 11.6 Å². The summed E-state index contributed by atoms with van der Waals surface area (Å²) in [5.74, 6) is -5.03. The van der Waals surface area contributed by atoms with Crippen LogP contribution in [0.1, 0.15) is 29.6 Å². The maximum absolute atomic E-state index is 13.5. The summed E-state index contributed by atoms with van der Waals surface area (Å²) >= 11 is 0. The summed E-state index contributed by atoms with van der Waals surface area (Å²) in [5, 5.41) is 12.1. The van der Waals surface area contributed by atoms with Crippen molar-refractivity contribution in [1.82, 2.24) is 10.2 Å². The van der Waals surface area contributed by atoms with Crippen LogP contribution in [0.25, 0.3) is 0 Å². The first-order valence-corrected chi connectivity index (χ1v) is 7.31. The Morgan fingerprint density at radius 1 is 1.18 bits per heavy atom. The molecule has 122 valence electrons. The van der Waals surface area contributed by atoms with Crippen LogP contribution in [-0.2, 0) is 0 Å². The molecule has 1 atom stereocenters. The highest BCUT2D eigenvalue weighted by Crippen LogP contribution is 2.15. The second-order valence-electron chi connectivity index (χ2n) is 5.44. The minimum absolute atomic E-state index is 0.148. The van der Waals surface area contributed by atoms with E-state index < -0.39 is 35.0 Å². The topological polar surface area (TPSA) is 52.6 Å². The van der Waals surface area contributed by atoms with E-state index in [9.17, 15) is 23.1 Å². The summed E-state index contributed by atoms with van der Waals surface area (Å²) in [5.41, 5.74) is -0.967. The van der Waals surface area contributed by atoms with Gasteiger partial charge in [-0.3, -0.25) is 4.79 Å². The Kier molecular flexibility index (Phi) is 5.79. The van der Waals surface area contributed by atoms with Gasteiger partial charge in [0.2, 0.25) is 0 Å². The molecule has 0 radical (unpaired) electrons. The van der Waals surface area contributed by atoms with Gasteiger partial charge in [-0.2, -0.15) is 0 Å². The number of amides is 1. The Bertz CT molecular complexity index is 534. The number of β-amino-alcohol motifs (C(OH)–C–C–N with tert-alkyl or cyclic N) is 1. The Morgan fingerprint density at radius 3 is 2.50 bits per heavy atom. The molecule has 1 fully saturated rings. The molecule has 7 heteroatoms. The molecule has 1 aromatic carbocycles. The average molecular weight is 316 g/mol. The number of nitrogens with one attached hydrogen (secondary N) is 1. The summed E-state index contributed by atoms with van der Waals surface area (Å²) in [6, 6.07) is 1.31. The van der Waals surface area contributed by atoms with Crippen LogP contribution in [0.15, 0.2) is 12.1 Å². The first-order valence-electron chi connectivity index (χ1n) is 7.31. The summed E-state index contributed by atoms with van der Waals surface area (Å²) in [6.45, 7) is 2.01. The molecule has 1 aromatic rings. The van der Waals surface area contributed by atoms with E-state index in [1.54, 1.807) is 0 Å². The van der Waals surface area contributed by atoms with Crippen molar-refractivity contribution in [1.29, 1.82) is 0 Å². The molecule has 2 rings (SSSR count). The number of nitrogens with zero attached hydrogens (tertiary/aromatic N) is 1. The summed E-state index contributed by atoms with van der Waals surface area (Å²) in [6.07, 6.45) is 2.46. The minimum Gasteiger partial charge on any atom is -0.390 e. The third-order valence-electron chi connectivity index (χ3n) is 3.69. The summed E-state index contributed by atoms with van der Waals surface area (Å²) in [7, 11) is 0. The van der Waals surface area contributed by atoms with Crippen molar-refractivity contribution in [2.45, 2.75) is 25.4 Å².